The summed E-state index contributed by atoms with van der Waals surface area (Å²) in [5.41, 5.74) is -0.0248. The summed E-state index contributed by atoms with van der Waals surface area (Å²) in [5.74, 6) is -0.788. The fraction of sp³-hybridized carbons (Fsp3) is 0.400. The lowest BCUT2D eigenvalue weighted by atomic mass is 9.96. The molecule has 0 aromatic heterocycles. The van der Waals surface area contributed by atoms with Crippen molar-refractivity contribution in [2.24, 2.45) is 0 Å². The predicted octanol–water partition coefficient (Wildman–Crippen LogP) is 0.0121. The highest BCUT2D eigenvalue weighted by atomic mass is 16.5. The summed E-state index contributed by atoms with van der Waals surface area (Å²) in [4.78, 5) is 37.4. The zero-order valence-corrected chi connectivity index (χ0v) is 12.2. The minimum atomic E-state index is -1.05. The van der Waals surface area contributed by atoms with E-state index in [1.165, 1.54) is 7.11 Å². The second-order valence-corrected chi connectivity index (χ2v) is 5.62. The molecule has 2 fully saturated rings. The Balaban J connectivity index is 1.85. The van der Waals surface area contributed by atoms with Crippen molar-refractivity contribution in [3.63, 3.8) is 0 Å². The Morgan fingerprint density at radius 2 is 2.09 bits per heavy atom. The minimum Gasteiger partial charge on any atom is -0.468 e. The van der Waals surface area contributed by atoms with Gasteiger partial charge in [0.1, 0.15) is 11.6 Å². The van der Waals surface area contributed by atoms with E-state index in [1.807, 2.05) is 35.2 Å². The van der Waals surface area contributed by atoms with E-state index in [1.54, 1.807) is 0 Å². The molecule has 2 heterocycles. The molecule has 2 saturated heterocycles. The Morgan fingerprint density at radius 3 is 2.68 bits per heavy atom. The van der Waals surface area contributed by atoms with Crippen molar-refractivity contribution in [3.05, 3.63) is 35.9 Å². The molecular weight excluding hydrogens is 286 g/mol. The fourth-order valence-electron chi connectivity index (χ4n) is 3.12. The van der Waals surface area contributed by atoms with Crippen molar-refractivity contribution >= 4 is 17.9 Å². The zero-order valence-electron chi connectivity index (χ0n) is 12.2. The summed E-state index contributed by atoms with van der Waals surface area (Å²) < 4.78 is 4.84. The molecule has 2 aliphatic rings. The van der Waals surface area contributed by atoms with E-state index in [2.05, 4.69) is 10.6 Å². The number of hydrogen-bond donors (Lipinski definition) is 2. The van der Waals surface area contributed by atoms with Gasteiger partial charge in [-0.15, -0.1) is 0 Å². The molecule has 22 heavy (non-hydrogen) atoms. The number of carbonyl (C=O) groups excluding carboxylic acids is 3. The van der Waals surface area contributed by atoms with E-state index >= 15 is 0 Å². The molecule has 7 heteroatoms. The summed E-state index contributed by atoms with van der Waals surface area (Å²) in [7, 11) is 1.32. The van der Waals surface area contributed by atoms with E-state index < -0.39 is 23.6 Å². The Morgan fingerprint density at radius 1 is 1.36 bits per heavy atom. The van der Waals surface area contributed by atoms with Gasteiger partial charge in [0.05, 0.1) is 7.11 Å². The van der Waals surface area contributed by atoms with Gasteiger partial charge in [-0.05, 0) is 5.56 Å². The molecule has 7 nitrogen and oxygen atoms in total. The molecule has 1 spiro atoms. The molecule has 0 radical (unpaired) electrons. The lowest BCUT2D eigenvalue weighted by molar-refractivity contribution is -0.146. The molecule has 2 N–H and O–H groups in total. The molecule has 116 valence electrons. The number of nitrogens with zero attached hydrogens (tertiary/aromatic N) is 1. The molecule has 0 unspecified atom stereocenters. The highest BCUT2D eigenvalue weighted by Gasteiger charge is 2.56. The maximum atomic E-state index is 12.1. The third-order valence-corrected chi connectivity index (χ3v) is 4.17. The number of carbonyl (C=O) groups is 3. The lowest BCUT2D eigenvalue weighted by Gasteiger charge is -2.22. The number of benzene rings is 1. The molecular formula is C15H17N3O4. The third kappa shape index (κ3) is 2.43. The Hall–Kier alpha value is -2.41. The first-order valence-corrected chi connectivity index (χ1v) is 7.03. The van der Waals surface area contributed by atoms with Gasteiger partial charge < -0.3 is 10.1 Å². The Kier molecular flexibility index (Phi) is 3.58. The van der Waals surface area contributed by atoms with Crippen LogP contribution in [0.5, 0.6) is 0 Å². The lowest BCUT2D eigenvalue weighted by Crippen LogP contribution is -2.48. The van der Waals surface area contributed by atoms with Crippen LogP contribution in [0.3, 0.4) is 0 Å². The SMILES string of the molecule is COC(=O)[C@@H]1C[C@@]2(CN1Cc1ccccc1)NC(=O)NC2=O. The first-order valence-electron chi connectivity index (χ1n) is 7.03. The maximum absolute atomic E-state index is 12.1. The van der Waals surface area contributed by atoms with Crippen LogP contribution in [0, 0.1) is 0 Å². The molecule has 1 aromatic carbocycles. The molecule has 3 rings (SSSR count). The molecule has 0 saturated carbocycles. The van der Waals surface area contributed by atoms with Gasteiger partial charge in [0.15, 0.2) is 0 Å². The van der Waals surface area contributed by atoms with Crippen LogP contribution in [0.4, 0.5) is 4.79 Å². The quantitative estimate of drug-likeness (QED) is 0.607. The van der Waals surface area contributed by atoms with Crippen LogP contribution in [0.2, 0.25) is 0 Å². The number of amides is 3. The summed E-state index contributed by atoms with van der Waals surface area (Å²) >= 11 is 0. The summed E-state index contributed by atoms with van der Waals surface area (Å²) in [6, 6.07) is 8.57. The number of esters is 1. The standard InChI is InChI=1S/C15H17N3O4/c1-22-12(19)11-7-15(13(20)16-14(21)17-15)9-18(11)8-10-5-3-2-4-6-10/h2-6,11H,7-9H2,1H3,(H2,16,17,20,21)/t11-,15-/m0/s1. The number of imide groups is 1. The van der Waals surface area contributed by atoms with Crippen molar-refractivity contribution in [2.45, 2.75) is 24.5 Å². The van der Waals surface area contributed by atoms with Crippen LogP contribution < -0.4 is 10.6 Å². The Bertz CT molecular complexity index is 618. The number of ether oxygens (including phenoxy) is 1. The van der Waals surface area contributed by atoms with Gasteiger partial charge in [-0.2, -0.15) is 0 Å². The number of likely N-dealkylation sites (tertiary alicyclic amines) is 1. The number of nitrogens with one attached hydrogen (secondary N) is 2. The van der Waals surface area contributed by atoms with Gasteiger partial charge in [-0.25, -0.2) is 4.79 Å². The smallest absolute Gasteiger partial charge is 0.323 e. The molecule has 1 aromatic rings. The second kappa shape index (κ2) is 5.42. The van der Waals surface area contributed by atoms with Gasteiger partial charge >= 0.3 is 12.0 Å². The molecule has 2 aliphatic heterocycles. The zero-order chi connectivity index (χ0) is 15.7. The Labute approximate surface area is 127 Å². The van der Waals surface area contributed by atoms with Crippen LogP contribution in [0.15, 0.2) is 30.3 Å². The number of methoxy groups -OCH3 is 1. The summed E-state index contributed by atoms with van der Waals surface area (Å²) in [6.07, 6.45) is 0.212. The van der Waals surface area contributed by atoms with Crippen molar-refractivity contribution in [1.82, 2.24) is 15.5 Å². The highest BCUT2D eigenvalue weighted by molar-refractivity contribution is 6.07. The van der Waals surface area contributed by atoms with Crippen LogP contribution in [-0.4, -0.2) is 48.0 Å². The van der Waals surface area contributed by atoms with Gasteiger partial charge in [-0.1, -0.05) is 30.3 Å². The van der Waals surface area contributed by atoms with Crippen LogP contribution in [0.1, 0.15) is 12.0 Å². The normalized spacial score (nSPS) is 27.8. The van der Waals surface area contributed by atoms with Crippen molar-refractivity contribution in [3.8, 4) is 0 Å². The topological polar surface area (TPSA) is 87.7 Å². The third-order valence-electron chi connectivity index (χ3n) is 4.17. The molecule has 3 amide bonds. The second-order valence-electron chi connectivity index (χ2n) is 5.62. The van der Waals surface area contributed by atoms with Gasteiger partial charge in [0.2, 0.25) is 0 Å². The van der Waals surface area contributed by atoms with Gasteiger partial charge in [-0.3, -0.25) is 19.8 Å². The van der Waals surface area contributed by atoms with Gasteiger partial charge in [0, 0.05) is 19.5 Å². The monoisotopic (exact) mass is 303 g/mol. The minimum absolute atomic E-state index is 0.212. The van der Waals surface area contributed by atoms with Crippen molar-refractivity contribution in [2.75, 3.05) is 13.7 Å². The summed E-state index contributed by atoms with van der Waals surface area (Å²) in [5, 5.41) is 4.90. The largest absolute Gasteiger partial charge is 0.468 e. The van der Waals surface area contributed by atoms with Crippen molar-refractivity contribution in [1.29, 1.82) is 0 Å². The van der Waals surface area contributed by atoms with Crippen LogP contribution >= 0.6 is 0 Å². The maximum Gasteiger partial charge on any atom is 0.323 e. The van der Waals surface area contributed by atoms with E-state index in [0.717, 1.165) is 5.56 Å². The number of rotatable bonds is 3. The van der Waals surface area contributed by atoms with E-state index in [0.29, 0.717) is 6.54 Å². The average molecular weight is 303 g/mol. The van der Waals surface area contributed by atoms with Crippen LogP contribution in [-0.2, 0) is 20.9 Å². The molecule has 0 bridgehead atoms. The van der Waals surface area contributed by atoms with Gasteiger partial charge in [0.25, 0.3) is 5.91 Å². The number of urea groups is 1. The highest BCUT2D eigenvalue weighted by Crippen LogP contribution is 2.31. The predicted molar refractivity (Wildman–Crippen MR) is 76.7 cm³/mol. The van der Waals surface area contributed by atoms with Crippen molar-refractivity contribution < 1.29 is 19.1 Å². The fourth-order valence-corrected chi connectivity index (χ4v) is 3.12. The summed E-state index contributed by atoms with van der Waals surface area (Å²) in [6.45, 7) is 0.782. The van der Waals surface area contributed by atoms with E-state index in [-0.39, 0.29) is 18.9 Å². The number of hydrogen-bond acceptors (Lipinski definition) is 5. The van der Waals surface area contributed by atoms with E-state index in [4.69, 9.17) is 4.74 Å². The van der Waals surface area contributed by atoms with Crippen LogP contribution in [0.25, 0.3) is 0 Å². The first kappa shape index (κ1) is 14.5. The van der Waals surface area contributed by atoms with E-state index in [9.17, 15) is 14.4 Å². The first-order chi connectivity index (χ1) is 10.5. The molecule has 2 atom stereocenters. The molecule has 0 aliphatic carbocycles. The average Bonchev–Trinajstić information content (AvgIpc) is 2.99.